The third-order valence-electron chi connectivity index (χ3n) is 8.48. The summed E-state index contributed by atoms with van der Waals surface area (Å²) < 4.78 is 21.2. The number of aliphatic hydroxyl groups excluding tert-OH is 1. The van der Waals surface area contributed by atoms with E-state index in [0.29, 0.717) is 53.7 Å². The first-order chi connectivity index (χ1) is 20.6. The van der Waals surface area contributed by atoms with Crippen LogP contribution < -0.4 is 10.1 Å². The zero-order valence-corrected chi connectivity index (χ0v) is 25.2. The largest absolute Gasteiger partial charge is 0.481 e. The summed E-state index contributed by atoms with van der Waals surface area (Å²) in [5.74, 6) is -0.943. The summed E-state index contributed by atoms with van der Waals surface area (Å²) in [6, 6.07) is 10.3. The molecule has 0 spiro atoms. The van der Waals surface area contributed by atoms with Crippen LogP contribution in [-0.2, 0) is 16.0 Å². The molecular formula is C32H33ClFN5O4. The Balaban J connectivity index is 1.35. The number of benzene rings is 2. The van der Waals surface area contributed by atoms with Gasteiger partial charge in [0.25, 0.3) is 11.8 Å². The number of likely N-dealkylation sites (N-methyl/N-ethyl adjacent to an activating group) is 1. The van der Waals surface area contributed by atoms with E-state index in [1.54, 1.807) is 57.3 Å². The highest BCUT2D eigenvalue weighted by atomic mass is 35.5. The number of anilines is 1. The zero-order chi connectivity index (χ0) is 30.6. The van der Waals surface area contributed by atoms with Gasteiger partial charge in [0.2, 0.25) is 5.88 Å². The van der Waals surface area contributed by atoms with E-state index in [4.69, 9.17) is 21.3 Å². The number of likely N-dealkylation sites (tertiary alicyclic amines) is 1. The number of rotatable bonds is 6. The molecule has 3 aliphatic rings. The predicted molar refractivity (Wildman–Crippen MR) is 162 cm³/mol. The summed E-state index contributed by atoms with van der Waals surface area (Å²) in [6.45, 7) is 3.41. The van der Waals surface area contributed by atoms with Gasteiger partial charge in [0.05, 0.1) is 30.6 Å². The Morgan fingerprint density at radius 1 is 1.19 bits per heavy atom. The van der Waals surface area contributed by atoms with Crippen molar-refractivity contribution in [1.29, 1.82) is 0 Å². The van der Waals surface area contributed by atoms with Crippen LogP contribution in [-0.4, -0.2) is 83.7 Å². The van der Waals surface area contributed by atoms with Crippen LogP contribution in [0, 0.1) is 12.7 Å². The highest BCUT2D eigenvalue weighted by Crippen LogP contribution is 2.46. The number of amides is 2. The number of nitrogens with one attached hydrogen (secondary N) is 1. The normalized spacial score (nSPS) is 18.8. The summed E-state index contributed by atoms with van der Waals surface area (Å²) in [7, 11) is 4.99. The number of carbonyl (C=O) groups is 2. The lowest BCUT2D eigenvalue weighted by Crippen LogP contribution is -2.51. The minimum Gasteiger partial charge on any atom is -0.481 e. The molecule has 11 heteroatoms. The fourth-order valence-corrected chi connectivity index (χ4v) is 6.64. The Morgan fingerprint density at radius 3 is 2.67 bits per heavy atom. The third-order valence-corrected chi connectivity index (χ3v) is 8.87. The summed E-state index contributed by atoms with van der Waals surface area (Å²) >= 11 is 6.95. The molecule has 1 fully saturated rings. The number of hydrogen-bond donors (Lipinski definition) is 2. The SMILES string of the molecule is COc1nc(-c2ccc(F)c(-c3cccc(NC(=O)C4=CN(C)CN(C)C4=O)c3C)c2Cl)cc2c1[C@H](N1CC(O)C1)CC2. The Kier molecular flexibility index (Phi) is 7.62. The third kappa shape index (κ3) is 5.13. The van der Waals surface area contributed by atoms with Crippen molar-refractivity contribution in [1.82, 2.24) is 19.7 Å². The topological polar surface area (TPSA) is 98.2 Å². The standard InChI is InChI=1S/C32H33ClFN5O4/c1-17-20(6-5-7-24(17)35-30(41)22-15-37(2)16-38(3)32(22)42)28-23(34)10-9-21(29(28)33)25-12-18-8-11-26(39-13-19(40)14-39)27(18)31(36-25)43-4/h5-7,9-10,12,15,19,26,40H,8,11,13-14,16H2,1-4H3,(H,35,41)/t26-/m1/s1. The first-order valence-electron chi connectivity index (χ1n) is 14.1. The van der Waals surface area contributed by atoms with Crippen LogP contribution in [0.25, 0.3) is 22.4 Å². The van der Waals surface area contributed by atoms with Gasteiger partial charge < -0.3 is 25.0 Å². The van der Waals surface area contributed by atoms with E-state index < -0.39 is 11.7 Å². The molecule has 0 saturated carbocycles. The number of aromatic nitrogens is 1. The van der Waals surface area contributed by atoms with Gasteiger partial charge in [0.15, 0.2) is 0 Å². The lowest BCUT2D eigenvalue weighted by molar-refractivity contribution is -0.130. The summed E-state index contributed by atoms with van der Waals surface area (Å²) in [4.78, 5) is 36.0. The van der Waals surface area contributed by atoms with Gasteiger partial charge in [0, 0.05) is 61.8 Å². The van der Waals surface area contributed by atoms with Gasteiger partial charge in [-0.2, -0.15) is 0 Å². The average Bonchev–Trinajstić information content (AvgIpc) is 3.38. The molecule has 1 aromatic heterocycles. The number of carbonyl (C=O) groups excluding carboxylic acids is 2. The van der Waals surface area contributed by atoms with Crippen LogP contribution in [0.1, 0.15) is 29.2 Å². The van der Waals surface area contributed by atoms with Crippen molar-refractivity contribution in [2.45, 2.75) is 31.9 Å². The molecule has 0 radical (unpaired) electrons. The summed E-state index contributed by atoms with van der Waals surface area (Å²) in [5, 5.41) is 12.8. The fraction of sp³-hybridized carbons (Fsp3) is 0.344. The van der Waals surface area contributed by atoms with E-state index in [0.717, 1.165) is 24.0 Å². The molecule has 2 amide bonds. The van der Waals surface area contributed by atoms with Crippen LogP contribution in [0.4, 0.5) is 10.1 Å². The van der Waals surface area contributed by atoms with E-state index >= 15 is 4.39 Å². The predicted octanol–water partition coefficient (Wildman–Crippen LogP) is 4.37. The van der Waals surface area contributed by atoms with E-state index in [2.05, 4.69) is 10.2 Å². The first kappa shape index (κ1) is 29.1. The van der Waals surface area contributed by atoms with E-state index in [9.17, 15) is 14.7 Å². The number of aliphatic hydroxyl groups is 1. The number of fused-ring (bicyclic) bond motifs is 1. The molecule has 9 nitrogen and oxygen atoms in total. The molecule has 2 aromatic carbocycles. The Labute approximate surface area is 254 Å². The van der Waals surface area contributed by atoms with Crippen LogP contribution in [0.15, 0.2) is 48.2 Å². The van der Waals surface area contributed by atoms with Gasteiger partial charge in [-0.15, -0.1) is 0 Å². The fourth-order valence-electron chi connectivity index (χ4n) is 6.29. The van der Waals surface area contributed by atoms with Crippen LogP contribution in [0.5, 0.6) is 5.88 Å². The average molecular weight is 606 g/mol. The van der Waals surface area contributed by atoms with Gasteiger partial charge >= 0.3 is 0 Å². The van der Waals surface area contributed by atoms with Crippen molar-refractivity contribution >= 4 is 29.1 Å². The Hall–Kier alpha value is -3.99. The molecule has 1 saturated heterocycles. The van der Waals surface area contributed by atoms with Gasteiger partial charge in [-0.1, -0.05) is 23.7 Å². The number of pyridine rings is 1. The molecule has 1 aliphatic carbocycles. The van der Waals surface area contributed by atoms with Gasteiger partial charge in [-0.25, -0.2) is 9.37 Å². The number of β-amino-alcohol motifs (C(OH)–C–C–N with tert-alkyl or cyclic N) is 1. The molecule has 43 heavy (non-hydrogen) atoms. The van der Waals surface area contributed by atoms with Crippen LogP contribution in [0.3, 0.4) is 0 Å². The maximum absolute atomic E-state index is 15.5. The molecule has 2 aliphatic heterocycles. The van der Waals surface area contributed by atoms with Crippen molar-refractivity contribution in [3.05, 3.63) is 75.7 Å². The Morgan fingerprint density at radius 2 is 1.95 bits per heavy atom. The highest BCUT2D eigenvalue weighted by Gasteiger charge is 2.38. The minimum atomic E-state index is -0.551. The molecular weight excluding hydrogens is 573 g/mol. The molecule has 3 heterocycles. The van der Waals surface area contributed by atoms with Crippen molar-refractivity contribution < 1.29 is 23.8 Å². The van der Waals surface area contributed by atoms with Gasteiger partial charge in [-0.05, 0) is 60.7 Å². The molecule has 224 valence electrons. The maximum atomic E-state index is 15.5. The van der Waals surface area contributed by atoms with E-state index in [1.165, 1.54) is 17.2 Å². The highest BCUT2D eigenvalue weighted by molar-refractivity contribution is 6.36. The van der Waals surface area contributed by atoms with Crippen molar-refractivity contribution in [2.24, 2.45) is 0 Å². The second-order valence-corrected chi connectivity index (χ2v) is 11.8. The van der Waals surface area contributed by atoms with Gasteiger partial charge in [-0.3, -0.25) is 14.5 Å². The van der Waals surface area contributed by atoms with Crippen molar-refractivity contribution in [3.8, 4) is 28.3 Å². The van der Waals surface area contributed by atoms with Crippen LogP contribution in [0.2, 0.25) is 5.02 Å². The number of ether oxygens (including phenoxy) is 1. The molecule has 6 rings (SSSR count). The molecule has 3 aromatic rings. The quantitative estimate of drug-likeness (QED) is 0.403. The summed E-state index contributed by atoms with van der Waals surface area (Å²) in [6.07, 6.45) is 2.95. The lowest BCUT2D eigenvalue weighted by Gasteiger charge is -2.40. The Bertz CT molecular complexity index is 1670. The zero-order valence-electron chi connectivity index (χ0n) is 24.4. The molecule has 0 unspecified atom stereocenters. The summed E-state index contributed by atoms with van der Waals surface area (Å²) in [5.41, 5.74) is 4.99. The second-order valence-electron chi connectivity index (χ2n) is 11.4. The number of hydrogen-bond acceptors (Lipinski definition) is 7. The van der Waals surface area contributed by atoms with Gasteiger partial charge in [0.1, 0.15) is 11.4 Å². The molecule has 1 atom stereocenters. The van der Waals surface area contributed by atoms with E-state index in [-0.39, 0.29) is 34.2 Å². The lowest BCUT2D eigenvalue weighted by atomic mass is 9.95. The monoisotopic (exact) mass is 605 g/mol. The smallest absolute Gasteiger partial charge is 0.262 e. The first-order valence-corrected chi connectivity index (χ1v) is 14.5. The molecule has 2 N–H and O–H groups in total. The number of halogens is 2. The number of nitrogens with zero attached hydrogens (tertiary/aromatic N) is 4. The number of methoxy groups -OCH3 is 1. The van der Waals surface area contributed by atoms with E-state index in [1.807, 2.05) is 6.07 Å². The maximum Gasteiger partial charge on any atom is 0.262 e. The second kappa shape index (κ2) is 11.3. The van der Waals surface area contributed by atoms with Crippen molar-refractivity contribution in [3.63, 3.8) is 0 Å². The minimum absolute atomic E-state index is 0.0106. The number of aryl methyl sites for hydroxylation is 1. The van der Waals surface area contributed by atoms with Crippen molar-refractivity contribution in [2.75, 3.05) is 46.3 Å². The van der Waals surface area contributed by atoms with Crippen LogP contribution >= 0.6 is 11.6 Å². The molecule has 0 bridgehead atoms.